The molecule has 3 atom stereocenters. The van der Waals surface area contributed by atoms with Crippen molar-refractivity contribution in [3.05, 3.63) is 53.0 Å². The summed E-state index contributed by atoms with van der Waals surface area (Å²) in [6.07, 6.45) is 3.37. The number of ether oxygens (including phenoxy) is 1. The molecular weight excluding hydrogens is 322 g/mol. The average molecular weight is 341 g/mol. The number of hydrogen-bond acceptors (Lipinski definition) is 5. The van der Waals surface area contributed by atoms with Gasteiger partial charge >= 0.3 is 0 Å². The molecule has 3 fully saturated rings. The lowest BCUT2D eigenvalue weighted by Crippen LogP contribution is -2.47. The molecule has 124 valence electrons. The lowest BCUT2D eigenvalue weighted by molar-refractivity contribution is -0.138. The van der Waals surface area contributed by atoms with Gasteiger partial charge in [0.25, 0.3) is 0 Å². The summed E-state index contributed by atoms with van der Waals surface area (Å²) in [7, 11) is 0. The fourth-order valence-electron chi connectivity index (χ4n) is 4.48. The van der Waals surface area contributed by atoms with Gasteiger partial charge in [-0.2, -0.15) is 0 Å². The van der Waals surface area contributed by atoms with Crippen molar-refractivity contribution in [3.8, 4) is 0 Å². The maximum absolute atomic E-state index is 12.6. The Morgan fingerprint density at radius 1 is 1.33 bits per heavy atom. The van der Waals surface area contributed by atoms with Crippen molar-refractivity contribution < 1.29 is 9.53 Å². The van der Waals surface area contributed by atoms with Crippen LogP contribution in [-0.2, 0) is 16.1 Å². The average Bonchev–Trinajstić information content (AvgIpc) is 3.34. The molecule has 4 heterocycles. The van der Waals surface area contributed by atoms with Crippen LogP contribution in [0.5, 0.6) is 0 Å². The van der Waals surface area contributed by atoms with Crippen molar-refractivity contribution in [2.24, 2.45) is 0 Å². The fourth-order valence-corrected chi connectivity index (χ4v) is 5.01. The van der Waals surface area contributed by atoms with Crippen LogP contribution in [0.4, 0.5) is 0 Å². The minimum absolute atomic E-state index is 0.0132. The molecule has 0 bridgehead atoms. The first-order valence-corrected chi connectivity index (χ1v) is 9.25. The zero-order valence-electron chi connectivity index (χ0n) is 13.3. The quantitative estimate of drug-likeness (QED) is 0.860. The smallest absolute Gasteiger partial charge is 0.226 e. The van der Waals surface area contributed by atoms with Crippen LogP contribution in [0.3, 0.4) is 0 Å². The molecule has 1 aromatic carbocycles. The highest BCUT2D eigenvalue weighted by Crippen LogP contribution is 2.50. The number of rotatable bonds is 3. The highest BCUT2D eigenvalue weighted by Gasteiger charge is 2.63. The van der Waals surface area contributed by atoms with E-state index in [1.54, 1.807) is 0 Å². The fraction of sp³-hybridized carbons (Fsp3) is 0.444. The van der Waals surface area contributed by atoms with E-state index in [2.05, 4.69) is 26.8 Å². The third-order valence-electron chi connectivity index (χ3n) is 5.58. The maximum atomic E-state index is 12.6. The normalized spacial score (nSPS) is 32.3. The Labute approximate surface area is 145 Å². The van der Waals surface area contributed by atoms with Gasteiger partial charge < -0.3 is 9.64 Å². The van der Waals surface area contributed by atoms with E-state index in [9.17, 15) is 4.79 Å². The van der Waals surface area contributed by atoms with Gasteiger partial charge in [0, 0.05) is 37.5 Å². The summed E-state index contributed by atoms with van der Waals surface area (Å²) in [6.45, 7) is 2.49. The van der Waals surface area contributed by atoms with Gasteiger partial charge in [-0.05, 0) is 22.7 Å². The van der Waals surface area contributed by atoms with Gasteiger partial charge in [0.05, 0.1) is 12.6 Å². The lowest BCUT2D eigenvalue weighted by atomic mass is 10.1. The van der Waals surface area contributed by atoms with Crippen LogP contribution in [0.1, 0.15) is 30.1 Å². The van der Waals surface area contributed by atoms with Crippen molar-refractivity contribution in [2.75, 3.05) is 13.1 Å². The third kappa shape index (κ3) is 2.06. The first-order valence-electron chi connectivity index (χ1n) is 8.42. The zero-order chi connectivity index (χ0) is 16.1. The van der Waals surface area contributed by atoms with Crippen LogP contribution < -0.4 is 0 Å². The summed E-state index contributed by atoms with van der Waals surface area (Å²) >= 11 is 1.48. The van der Waals surface area contributed by atoms with Crippen molar-refractivity contribution in [2.45, 2.75) is 37.3 Å². The summed E-state index contributed by atoms with van der Waals surface area (Å²) in [5.41, 5.74) is 1.95. The van der Waals surface area contributed by atoms with E-state index < -0.39 is 5.72 Å². The van der Waals surface area contributed by atoms with Gasteiger partial charge in [-0.25, -0.2) is 4.37 Å². The number of carbonyl (C=O) groups excluding carboxylic acids is 1. The van der Waals surface area contributed by atoms with Gasteiger partial charge in [-0.3, -0.25) is 9.69 Å². The first kappa shape index (κ1) is 14.6. The summed E-state index contributed by atoms with van der Waals surface area (Å²) in [4.78, 5) is 17.0. The molecule has 3 aliphatic heterocycles. The number of benzene rings is 1. The van der Waals surface area contributed by atoms with Crippen LogP contribution in [0.2, 0.25) is 0 Å². The monoisotopic (exact) mass is 341 g/mol. The third-order valence-corrected chi connectivity index (χ3v) is 6.22. The number of amides is 1. The van der Waals surface area contributed by atoms with Gasteiger partial charge in [0.1, 0.15) is 6.10 Å². The number of carbonyl (C=O) groups is 1. The summed E-state index contributed by atoms with van der Waals surface area (Å²) in [5, 5.41) is 2.09. The van der Waals surface area contributed by atoms with Crippen LogP contribution >= 0.6 is 11.5 Å². The van der Waals surface area contributed by atoms with E-state index in [1.165, 1.54) is 17.1 Å². The molecule has 0 radical (unpaired) electrons. The summed E-state index contributed by atoms with van der Waals surface area (Å²) < 4.78 is 10.7. The second kappa shape index (κ2) is 5.37. The summed E-state index contributed by atoms with van der Waals surface area (Å²) in [5.74, 6) is 0.228. The van der Waals surface area contributed by atoms with Gasteiger partial charge in [-0.15, -0.1) is 0 Å². The lowest BCUT2D eigenvalue weighted by Gasteiger charge is -2.32. The Morgan fingerprint density at radius 3 is 3.00 bits per heavy atom. The largest absolute Gasteiger partial charge is 0.344 e. The van der Waals surface area contributed by atoms with Crippen molar-refractivity contribution in [3.63, 3.8) is 0 Å². The molecule has 0 N–H and O–H groups in total. The molecule has 6 heteroatoms. The van der Waals surface area contributed by atoms with Crippen LogP contribution in [0.15, 0.2) is 41.9 Å². The molecule has 0 saturated carbocycles. The molecule has 0 aliphatic carbocycles. The molecule has 5 nitrogen and oxygen atoms in total. The van der Waals surface area contributed by atoms with E-state index in [4.69, 9.17) is 4.74 Å². The van der Waals surface area contributed by atoms with E-state index in [-0.39, 0.29) is 18.1 Å². The number of aromatic nitrogens is 1. The minimum Gasteiger partial charge on any atom is -0.344 e. The van der Waals surface area contributed by atoms with E-state index >= 15 is 0 Å². The maximum Gasteiger partial charge on any atom is 0.226 e. The Bertz CT molecular complexity index is 751. The van der Waals surface area contributed by atoms with Crippen molar-refractivity contribution in [1.82, 2.24) is 14.2 Å². The molecule has 24 heavy (non-hydrogen) atoms. The number of hydrogen-bond donors (Lipinski definition) is 0. The Kier molecular flexibility index (Phi) is 3.26. The highest BCUT2D eigenvalue weighted by molar-refractivity contribution is 7.03. The van der Waals surface area contributed by atoms with Crippen LogP contribution in [0.25, 0.3) is 0 Å². The molecule has 3 saturated heterocycles. The van der Waals surface area contributed by atoms with Crippen molar-refractivity contribution in [1.29, 1.82) is 0 Å². The molecule has 5 rings (SSSR count). The SMILES string of the molecule is O=C1C[C@H]2N(Cc3cnsc3)CC[C@]23O[C@@H](c2ccccc2)CN13. The van der Waals surface area contributed by atoms with Crippen LogP contribution in [0, 0.1) is 0 Å². The van der Waals surface area contributed by atoms with Crippen molar-refractivity contribution >= 4 is 17.4 Å². The number of nitrogens with zero attached hydrogens (tertiary/aromatic N) is 3. The Balaban J connectivity index is 1.42. The molecule has 2 aromatic rings. The number of likely N-dealkylation sites (tertiary alicyclic amines) is 1. The predicted octanol–water partition coefficient (Wildman–Crippen LogP) is 2.42. The van der Waals surface area contributed by atoms with E-state index in [0.29, 0.717) is 13.0 Å². The molecule has 1 spiro atoms. The zero-order valence-corrected chi connectivity index (χ0v) is 14.1. The molecular formula is C18H19N3O2S. The van der Waals surface area contributed by atoms with Crippen LogP contribution in [-0.4, -0.2) is 44.9 Å². The van der Waals surface area contributed by atoms with Gasteiger partial charge in [0.2, 0.25) is 5.91 Å². The van der Waals surface area contributed by atoms with Gasteiger partial charge in [-0.1, -0.05) is 30.3 Å². The molecule has 3 aliphatic rings. The molecule has 1 aromatic heterocycles. The second-order valence-electron chi connectivity index (χ2n) is 6.84. The molecule has 0 unspecified atom stereocenters. The standard InChI is InChI=1S/C18H19N3O2S/c22-17-8-16-18(6-7-20(16)10-13-9-19-24-12-13)21(17)11-15(23-18)14-4-2-1-3-5-14/h1-5,9,12,15-16H,6-8,10-11H2/t15-,16-,18+/m1/s1. The summed E-state index contributed by atoms with van der Waals surface area (Å²) in [6, 6.07) is 10.4. The molecule has 1 amide bonds. The first-order chi connectivity index (χ1) is 11.8. The Hall–Kier alpha value is -1.76. The topological polar surface area (TPSA) is 45.7 Å². The second-order valence-corrected chi connectivity index (χ2v) is 7.50. The predicted molar refractivity (Wildman–Crippen MR) is 90.3 cm³/mol. The van der Waals surface area contributed by atoms with E-state index in [1.807, 2.05) is 29.3 Å². The Morgan fingerprint density at radius 2 is 2.21 bits per heavy atom. The highest BCUT2D eigenvalue weighted by atomic mass is 32.1. The van der Waals surface area contributed by atoms with Gasteiger partial charge in [0.15, 0.2) is 5.72 Å². The minimum atomic E-state index is -0.430. The van der Waals surface area contributed by atoms with E-state index in [0.717, 1.165) is 25.1 Å².